The molecule has 0 saturated carbocycles. The van der Waals surface area contributed by atoms with Gasteiger partial charge < -0.3 is 15.0 Å². The van der Waals surface area contributed by atoms with Gasteiger partial charge in [0.1, 0.15) is 28.9 Å². The first-order valence-electron chi connectivity index (χ1n) is 13.0. The molecule has 0 bridgehead atoms. The molecular formula is C31H30FN3O3S. The number of nitrogens with one attached hydrogen (secondary N) is 1. The number of hydrogen-bond donors (Lipinski definition) is 1. The molecule has 8 heteroatoms. The van der Waals surface area contributed by atoms with Crippen molar-refractivity contribution in [3.8, 4) is 5.75 Å². The number of aromatic nitrogens is 1. The first-order chi connectivity index (χ1) is 18.9. The molecule has 0 saturated heterocycles. The van der Waals surface area contributed by atoms with E-state index in [2.05, 4.69) is 10.3 Å². The molecule has 5 rings (SSSR count). The van der Waals surface area contributed by atoms with Crippen LogP contribution in [0, 0.1) is 11.7 Å². The van der Waals surface area contributed by atoms with Crippen LogP contribution in [0.4, 0.5) is 4.39 Å². The lowest BCUT2D eigenvalue weighted by Crippen LogP contribution is -2.42. The third-order valence-electron chi connectivity index (χ3n) is 6.73. The third kappa shape index (κ3) is 6.17. The number of fused-ring (bicyclic) bond motifs is 1. The Labute approximate surface area is 231 Å². The Morgan fingerprint density at radius 2 is 1.92 bits per heavy atom. The second kappa shape index (κ2) is 11.8. The van der Waals surface area contributed by atoms with E-state index in [0.29, 0.717) is 36.0 Å². The monoisotopic (exact) mass is 543 g/mol. The van der Waals surface area contributed by atoms with Gasteiger partial charge in [-0.05, 0) is 52.9 Å². The maximum Gasteiger partial charge on any atom is 0.271 e. The fourth-order valence-electron chi connectivity index (χ4n) is 4.78. The van der Waals surface area contributed by atoms with Gasteiger partial charge in [-0.15, -0.1) is 11.3 Å². The molecule has 0 radical (unpaired) electrons. The summed E-state index contributed by atoms with van der Waals surface area (Å²) in [6, 6.07) is 21.6. The SMILES string of the molecule is CC(C)C(=O)N1CCc2ccc(OCc3nc(C(=O)NCc4ccccc4)cs3)cc2[C@H]1c1cccc(F)c1. The molecule has 0 fully saturated rings. The molecule has 2 amide bonds. The highest BCUT2D eigenvalue weighted by Crippen LogP contribution is 2.38. The van der Waals surface area contributed by atoms with Crippen molar-refractivity contribution < 1.29 is 18.7 Å². The summed E-state index contributed by atoms with van der Waals surface area (Å²) in [6.45, 7) is 4.96. The van der Waals surface area contributed by atoms with Gasteiger partial charge >= 0.3 is 0 Å². The predicted molar refractivity (Wildman–Crippen MR) is 149 cm³/mol. The van der Waals surface area contributed by atoms with Gasteiger partial charge in [0.25, 0.3) is 5.91 Å². The van der Waals surface area contributed by atoms with Crippen LogP contribution in [0.1, 0.15) is 57.6 Å². The largest absolute Gasteiger partial charge is 0.486 e. The van der Waals surface area contributed by atoms with Crippen LogP contribution in [0.3, 0.4) is 0 Å². The summed E-state index contributed by atoms with van der Waals surface area (Å²) >= 11 is 1.36. The summed E-state index contributed by atoms with van der Waals surface area (Å²) in [5.41, 5.74) is 4.14. The van der Waals surface area contributed by atoms with Crippen LogP contribution in [-0.2, 0) is 24.4 Å². The van der Waals surface area contributed by atoms with Gasteiger partial charge in [0, 0.05) is 24.4 Å². The third-order valence-corrected chi connectivity index (χ3v) is 7.55. The average molecular weight is 544 g/mol. The molecule has 2 heterocycles. The van der Waals surface area contributed by atoms with Crippen molar-refractivity contribution in [3.05, 3.63) is 117 Å². The molecule has 1 aliphatic rings. The number of hydrogen-bond acceptors (Lipinski definition) is 5. The van der Waals surface area contributed by atoms with Gasteiger partial charge in [-0.25, -0.2) is 9.37 Å². The Kier molecular flexibility index (Phi) is 8.02. The Balaban J connectivity index is 1.31. The van der Waals surface area contributed by atoms with Crippen LogP contribution >= 0.6 is 11.3 Å². The molecule has 6 nitrogen and oxygen atoms in total. The molecule has 1 aliphatic heterocycles. The van der Waals surface area contributed by atoms with Crippen LogP contribution in [0.2, 0.25) is 0 Å². The minimum atomic E-state index is -0.400. The maximum absolute atomic E-state index is 14.2. The predicted octanol–water partition coefficient (Wildman–Crippen LogP) is 5.92. The number of carbonyl (C=O) groups is 2. The molecule has 39 heavy (non-hydrogen) atoms. The van der Waals surface area contributed by atoms with Crippen molar-refractivity contribution in [2.45, 2.75) is 39.5 Å². The van der Waals surface area contributed by atoms with Gasteiger partial charge in [0.15, 0.2) is 0 Å². The van der Waals surface area contributed by atoms with Gasteiger partial charge in [0.05, 0.1) is 6.04 Å². The van der Waals surface area contributed by atoms with Crippen LogP contribution in [0.5, 0.6) is 5.75 Å². The van der Waals surface area contributed by atoms with Crippen molar-refractivity contribution in [1.82, 2.24) is 15.2 Å². The summed E-state index contributed by atoms with van der Waals surface area (Å²) in [4.78, 5) is 31.9. The quantitative estimate of drug-likeness (QED) is 0.299. The van der Waals surface area contributed by atoms with E-state index in [0.717, 1.165) is 22.3 Å². The lowest BCUT2D eigenvalue weighted by molar-refractivity contribution is -0.136. The molecule has 0 spiro atoms. The number of nitrogens with zero attached hydrogens (tertiary/aromatic N) is 2. The second-order valence-electron chi connectivity index (χ2n) is 9.84. The fraction of sp³-hybridized carbons (Fsp3) is 0.258. The minimum absolute atomic E-state index is 0.0297. The highest BCUT2D eigenvalue weighted by Gasteiger charge is 2.33. The topological polar surface area (TPSA) is 71.5 Å². The van der Waals surface area contributed by atoms with Gasteiger partial charge in [-0.1, -0.05) is 62.4 Å². The van der Waals surface area contributed by atoms with Crippen molar-refractivity contribution >= 4 is 23.2 Å². The van der Waals surface area contributed by atoms with Crippen LogP contribution in [-0.4, -0.2) is 28.2 Å². The fourth-order valence-corrected chi connectivity index (χ4v) is 5.47. The first-order valence-corrected chi connectivity index (χ1v) is 13.8. The number of ether oxygens (including phenoxy) is 1. The summed E-state index contributed by atoms with van der Waals surface area (Å²) in [5, 5.41) is 5.29. The molecule has 1 atom stereocenters. The molecule has 0 aliphatic carbocycles. The number of amides is 2. The molecule has 1 N–H and O–H groups in total. The van der Waals surface area contributed by atoms with Crippen molar-refractivity contribution in [3.63, 3.8) is 0 Å². The lowest BCUT2D eigenvalue weighted by atomic mass is 9.87. The number of halogens is 1. The first kappa shape index (κ1) is 26.6. The number of rotatable bonds is 8. The number of carbonyl (C=O) groups excluding carboxylic acids is 2. The second-order valence-corrected chi connectivity index (χ2v) is 10.8. The highest BCUT2D eigenvalue weighted by atomic mass is 32.1. The summed E-state index contributed by atoms with van der Waals surface area (Å²) < 4.78 is 20.3. The highest BCUT2D eigenvalue weighted by molar-refractivity contribution is 7.09. The summed E-state index contributed by atoms with van der Waals surface area (Å²) in [5.74, 6) is -0.0910. The minimum Gasteiger partial charge on any atom is -0.486 e. The zero-order chi connectivity index (χ0) is 27.4. The zero-order valence-electron chi connectivity index (χ0n) is 21.9. The van der Waals surface area contributed by atoms with E-state index in [4.69, 9.17) is 4.74 Å². The zero-order valence-corrected chi connectivity index (χ0v) is 22.7. The van der Waals surface area contributed by atoms with Gasteiger partial charge in [0.2, 0.25) is 5.91 Å². The van der Waals surface area contributed by atoms with Crippen LogP contribution in [0.25, 0.3) is 0 Å². The molecule has 4 aromatic rings. The Morgan fingerprint density at radius 3 is 2.69 bits per heavy atom. The average Bonchev–Trinajstić information content (AvgIpc) is 3.43. The van der Waals surface area contributed by atoms with E-state index < -0.39 is 6.04 Å². The summed E-state index contributed by atoms with van der Waals surface area (Å²) in [7, 11) is 0. The normalized spacial score (nSPS) is 14.7. The molecular weight excluding hydrogens is 513 g/mol. The standard InChI is InChI=1S/C31H30FN3O3S/c1-20(2)31(37)35-14-13-22-11-12-25(16-26(22)29(35)23-9-6-10-24(32)15-23)38-18-28-34-27(19-39-28)30(36)33-17-21-7-4-3-5-8-21/h3-12,15-16,19-20,29H,13-14,17-18H2,1-2H3,(H,33,36)/t29-/m1/s1. The van der Waals surface area contributed by atoms with Crippen LogP contribution in [0.15, 0.2) is 78.2 Å². The van der Waals surface area contributed by atoms with Crippen LogP contribution < -0.4 is 10.1 Å². The Bertz CT molecular complexity index is 1470. The number of benzene rings is 3. The number of thiazole rings is 1. The van der Waals surface area contributed by atoms with E-state index in [1.54, 1.807) is 11.4 Å². The van der Waals surface area contributed by atoms with E-state index in [-0.39, 0.29) is 30.2 Å². The van der Waals surface area contributed by atoms with Crippen molar-refractivity contribution in [2.24, 2.45) is 5.92 Å². The lowest BCUT2D eigenvalue weighted by Gasteiger charge is -2.39. The maximum atomic E-state index is 14.2. The summed E-state index contributed by atoms with van der Waals surface area (Å²) in [6.07, 6.45) is 0.716. The molecule has 3 aromatic carbocycles. The van der Waals surface area contributed by atoms with E-state index in [1.165, 1.54) is 23.5 Å². The van der Waals surface area contributed by atoms with E-state index in [1.807, 2.05) is 73.3 Å². The van der Waals surface area contributed by atoms with Gasteiger partial charge in [-0.2, -0.15) is 0 Å². The molecule has 200 valence electrons. The van der Waals surface area contributed by atoms with Crippen molar-refractivity contribution in [1.29, 1.82) is 0 Å². The Morgan fingerprint density at radius 1 is 1.10 bits per heavy atom. The smallest absolute Gasteiger partial charge is 0.271 e. The molecule has 1 aromatic heterocycles. The van der Waals surface area contributed by atoms with E-state index in [9.17, 15) is 14.0 Å². The molecule has 0 unspecified atom stereocenters. The van der Waals surface area contributed by atoms with Crippen molar-refractivity contribution in [2.75, 3.05) is 6.54 Å². The van der Waals surface area contributed by atoms with Gasteiger partial charge in [-0.3, -0.25) is 9.59 Å². The Hall–Kier alpha value is -4.04. The van der Waals surface area contributed by atoms with E-state index >= 15 is 0 Å².